The Morgan fingerprint density at radius 1 is 1.50 bits per heavy atom. The Morgan fingerprint density at radius 3 is 3.05 bits per heavy atom. The molecule has 1 aromatic carbocycles. The van der Waals surface area contributed by atoms with Gasteiger partial charge in [-0.15, -0.1) is 0 Å². The van der Waals surface area contributed by atoms with Crippen molar-refractivity contribution in [1.82, 2.24) is 4.90 Å². The molecule has 4 heteroatoms. The van der Waals surface area contributed by atoms with Crippen LogP contribution in [0.4, 0.5) is 11.4 Å². The van der Waals surface area contributed by atoms with Crippen molar-refractivity contribution < 1.29 is 4.79 Å². The molecule has 0 aliphatic carbocycles. The van der Waals surface area contributed by atoms with Crippen molar-refractivity contribution in [3.63, 3.8) is 0 Å². The SMILES string of the molecule is Cc1c(N)cccc1NC(=O)CCN1CCCC(C)C1. The Bertz CT molecular complexity index is 473. The van der Waals surface area contributed by atoms with Crippen molar-refractivity contribution >= 4 is 17.3 Å². The fraction of sp³-hybridized carbons (Fsp3) is 0.562. The molecule has 1 saturated heterocycles. The molecule has 20 heavy (non-hydrogen) atoms. The minimum Gasteiger partial charge on any atom is -0.398 e. The Hall–Kier alpha value is -1.55. The van der Waals surface area contributed by atoms with Crippen molar-refractivity contribution in [2.24, 2.45) is 5.92 Å². The smallest absolute Gasteiger partial charge is 0.225 e. The molecule has 1 amide bonds. The maximum Gasteiger partial charge on any atom is 0.225 e. The largest absolute Gasteiger partial charge is 0.398 e. The number of piperidine rings is 1. The van der Waals surface area contributed by atoms with Gasteiger partial charge >= 0.3 is 0 Å². The van der Waals surface area contributed by atoms with Crippen LogP contribution >= 0.6 is 0 Å². The van der Waals surface area contributed by atoms with Crippen molar-refractivity contribution in [1.29, 1.82) is 0 Å². The lowest BCUT2D eigenvalue weighted by atomic mass is 10.0. The first-order valence-electron chi connectivity index (χ1n) is 7.43. The third-order valence-corrected chi connectivity index (χ3v) is 4.05. The van der Waals surface area contributed by atoms with Crippen LogP contribution in [-0.2, 0) is 4.79 Å². The molecule has 1 aliphatic heterocycles. The van der Waals surface area contributed by atoms with Crippen LogP contribution in [0.15, 0.2) is 18.2 Å². The molecule has 2 rings (SSSR count). The van der Waals surface area contributed by atoms with Gasteiger partial charge in [0.25, 0.3) is 0 Å². The van der Waals surface area contributed by atoms with Crippen molar-refractivity contribution in [3.8, 4) is 0 Å². The van der Waals surface area contributed by atoms with Gasteiger partial charge in [0.1, 0.15) is 0 Å². The van der Waals surface area contributed by atoms with Gasteiger partial charge in [-0.1, -0.05) is 13.0 Å². The second-order valence-electron chi connectivity index (χ2n) is 5.87. The maximum absolute atomic E-state index is 12.0. The van der Waals surface area contributed by atoms with Crippen molar-refractivity contribution in [2.75, 3.05) is 30.7 Å². The molecule has 3 N–H and O–H groups in total. The summed E-state index contributed by atoms with van der Waals surface area (Å²) in [4.78, 5) is 14.4. The van der Waals surface area contributed by atoms with E-state index in [4.69, 9.17) is 5.73 Å². The van der Waals surface area contributed by atoms with E-state index in [0.29, 0.717) is 12.1 Å². The number of nitrogens with zero attached hydrogens (tertiary/aromatic N) is 1. The molecular weight excluding hydrogens is 250 g/mol. The van der Waals surface area contributed by atoms with Crippen LogP contribution in [0.25, 0.3) is 0 Å². The average Bonchev–Trinajstić information content (AvgIpc) is 2.42. The van der Waals surface area contributed by atoms with E-state index in [1.165, 1.54) is 12.8 Å². The standard InChI is InChI=1S/C16H25N3O/c1-12-5-4-9-19(11-12)10-8-16(20)18-15-7-3-6-14(17)13(15)2/h3,6-7,12H,4-5,8-11,17H2,1-2H3,(H,18,20). The van der Waals surface area contributed by atoms with E-state index in [2.05, 4.69) is 17.1 Å². The second-order valence-corrected chi connectivity index (χ2v) is 5.87. The summed E-state index contributed by atoms with van der Waals surface area (Å²) in [5, 5.41) is 2.96. The lowest BCUT2D eigenvalue weighted by molar-refractivity contribution is -0.116. The van der Waals surface area contributed by atoms with Gasteiger partial charge < -0.3 is 16.0 Å². The molecule has 1 heterocycles. The number of nitrogens with one attached hydrogen (secondary N) is 1. The molecule has 1 fully saturated rings. The van der Waals surface area contributed by atoms with Gasteiger partial charge in [0.05, 0.1) is 0 Å². The van der Waals surface area contributed by atoms with Crippen molar-refractivity contribution in [2.45, 2.75) is 33.1 Å². The van der Waals surface area contributed by atoms with Crippen LogP contribution in [0, 0.1) is 12.8 Å². The monoisotopic (exact) mass is 275 g/mol. The van der Waals surface area contributed by atoms with Crippen molar-refractivity contribution in [3.05, 3.63) is 23.8 Å². The molecule has 0 aromatic heterocycles. The Morgan fingerprint density at radius 2 is 2.30 bits per heavy atom. The molecule has 1 aliphatic rings. The Balaban J connectivity index is 1.82. The fourth-order valence-electron chi connectivity index (χ4n) is 2.75. The normalized spacial score (nSPS) is 19.8. The van der Waals surface area contributed by atoms with Crippen LogP contribution in [-0.4, -0.2) is 30.4 Å². The summed E-state index contributed by atoms with van der Waals surface area (Å²) in [5.74, 6) is 0.819. The first kappa shape index (κ1) is 14.9. The highest BCUT2D eigenvalue weighted by Gasteiger charge is 2.17. The van der Waals surface area contributed by atoms with E-state index in [1.807, 2.05) is 25.1 Å². The summed E-state index contributed by atoms with van der Waals surface area (Å²) in [6.07, 6.45) is 3.10. The minimum atomic E-state index is 0.0666. The van der Waals surface area contributed by atoms with Gasteiger partial charge in [-0.25, -0.2) is 0 Å². The number of likely N-dealkylation sites (tertiary alicyclic amines) is 1. The molecule has 0 spiro atoms. The molecule has 110 valence electrons. The number of hydrogen-bond donors (Lipinski definition) is 2. The highest BCUT2D eigenvalue weighted by Crippen LogP contribution is 2.21. The van der Waals surface area contributed by atoms with Gasteiger partial charge in [0.2, 0.25) is 5.91 Å². The van der Waals surface area contributed by atoms with E-state index in [0.717, 1.165) is 36.8 Å². The molecule has 1 unspecified atom stereocenters. The van der Waals surface area contributed by atoms with Gasteiger partial charge in [-0.2, -0.15) is 0 Å². The number of rotatable bonds is 4. The highest BCUT2D eigenvalue weighted by atomic mass is 16.1. The quantitative estimate of drug-likeness (QED) is 0.831. The topological polar surface area (TPSA) is 58.4 Å². The second kappa shape index (κ2) is 6.75. The Kier molecular flexibility index (Phi) is 5.01. The third-order valence-electron chi connectivity index (χ3n) is 4.05. The van der Waals surface area contributed by atoms with Crippen LogP contribution in [0.1, 0.15) is 31.7 Å². The Labute approximate surface area is 121 Å². The summed E-state index contributed by atoms with van der Waals surface area (Å²) in [6.45, 7) is 7.29. The predicted octanol–water partition coefficient (Wildman–Crippen LogP) is 2.64. The molecule has 1 aromatic rings. The van der Waals surface area contributed by atoms with E-state index in [1.54, 1.807) is 0 Å². The van der Waals surface area contributed by atoms with Gasteiger partial charge in [-0.05, 0) is 49.9 Å². The summed E-state index contributed by atoms with van der Waals surface area (Å²) in [5.41, 5.74) is 8.32. The zero-order valence-corrected chi connectivity index (χ0v) is 12.5. The summed E-state index contributed by atoms with van der Waals surface area (Å²) in [7, 11) is 0. The first-order valence-corrected chi connectivity index (χ1v) is 7.43. The van der Waals surface area contributed by atoms with Gasteiger partial charge in [-0.3, -0.25) is 4.79 Å². The number of benzene rings is 1. The molecule has 1 atom stereocenters. The first-order chi connectivity index (χ1) is 9.56. The van der Waals surface area contributed by atoms with E-state index < -0.39 is 0 Å². The van der Waals surface area contributed by atoms with Gasteiger partial charge in [0, 0.05) is 30.9 Å². The predicted molar refractivity (Wildman–Crippen MR) is 83.7 cm³/mol. The van der Waals surface area contributed by atoms with Crippen LogP contribution < -0.4 is 11.1 Å². The number of nitrogen functional groups attached to an aromatic ring is 1. The molecule has 4 nitrogen and oxygen atoms in total. The molecule has 0 saturated carbocycles. The van der Waals surface area contributed by atoms with E-state index >= 15 is 0 Å². The van der Waals surface area contributed by atoms with Crippen LogP contribution in [0.3, 0.4) is 0 Å². The molecule has 0 radical (unpaired) electrons. The number of nitrogens with two attached hydrogens (primary N) is 1. The summed E-state index contributed by atoms with van der Waals surface area (Å²) < 4.78 is 0. The lowest BCUT2D eigenvalue weighted by Gasteiger charge is -2.30. The lowest BCUT2D eigenvalue weighted by Crippen LogP contribution is -2.36. The number of amides is 1. The van der Waals surface area contributed by atoms with Crippen LogP contribution in [0.5, 0.6) is 0 Å². The summed E-state index contributed by atoms with van der Waals surface area (Å²) in [6, 6.07) is 5.61. The highest BCUT2D eigenvalue weighted by molar-refractivity contribution is 5.92. The van der Waals surface area contributed by atoms with Gasteiger partial charge in [0.15, 0.2) is 0 Å². The fourth-order valence-corrected chi connectivity index (χ4v) is 2.75. The number of carbonyl (C=O) groups excluding carboxylic acids is 1. The van der Waals surface area contributed by atoms with Crippen LogP contribution in [0.2, 0.25) is 0 Å². The summed E-state index contributed by atoms with van der Waals surface area (Å²) >= 11 is 0. The molecule has 0 bridgehead atoms. The van der Waals surface area contributed by atoms with E-state index in [9.17, 15) is 4.79 Å². The average molecular weight is 275 g/mol. The van der Waals surface area contributed by atoms with E-state index in [-0.39, 0.29) is 5.91 Å². The number of anilines is 2. The minimum absolute atomic E-state index is 0.0666. The number of hydrogen-bond acceptors (Lipinski definition) is 3. The number of carbonyl (C=O) groups is 1. The zero-order valence-electron chi connectivity index (χ0n) is 12.5. The maximum atomic E-state index is 12.0. The zero-order chi connectivity index (χ0) is 14.5. The molecular formula is C16H25N3O. The third kappa shape index (κ3) is 3.97.